The molecule has 0 saturated carbocycles. The second-order valence-electron chi connectivity index (χ2n) is 3.97. The maximum Gasteiger partial charge on any atom is 0.155 e. The van der Waals surface area contributed by atoms with Crippen LogP contribution in [0.25, 0.3) is 5.65 Å². The third kappa shape index (κ3) is 1.54. The Labute approximate surface area is 91.3 Å². The minimum atomic E-state index is 0.0493. The SMILES string of the molecule is CC(C)(CBr)c1cc2ncccn2n1. The third-order valence-corrected chi connectivity index (χ3v) is 3.67. The van der Waals surface area contributed by atoms with Gasteiger partial charge in [0.15, 0.2) is 5.65 Å². The Morgan fingerprint density at radius 1 is 1.50 bits per heavy atom. The lowest BCUT2D eigenvalue weighted by Gasteiger charge is -2.17. The van der Waals surface area contributed by atoms with Crippen LogP contribution < -0.4 is 0 Å². The molecule has 2 rings (SSSR count). The lowest BCUT2D eigenvalue weighted by Crippen LogP contribution is -2.19. The van der Waals surface area contributed by atoms with Crippen LogP contribution in [-0.4, -0.2) is 19.9 Å². The number of rotatable bonds is 2. The van der Waals surface area contributed by atoms with E-state index < -0.39 is 0 Å². The summed E-state index contributed by atoms with van der Waals surface area (Å²) < 4.78 is 1.81. The molecule has 0 spiro atoms. The molecule has 0 aromatic carbocycles. The van der Waals surface area contributed by atoms with Crippen molar-refractivity contribution in [1.29, 1.82) is 0 Å². The number of fused-ring (bicyclic) bond motifs is 1. The fourth-order valence-corrected chi connectivity index (χ4v) is 1.52. The summed E-state index contributed by atoms with van der Waals surface area (Å²) in [6.45, 7) is 4.31. The van der Waals surface area contributed by atoms with Crippen LogP contribution in [0.4, 0.5) is 0 Å². The maximum atomic E-state index is 4.48. The van der Waals surface area contributed by atoms with Crippen molar-refractivity contribution >= 4 is 21.6 Å². The smallest absolute Gasteiger partial charge is 0.155 e. The molecule has 0 bridgehead atoms. The Bertz CT molecular complexity index is 414. The summed E-state index contributed by atoms with van der Waals surface area (Å²) in [6.07, 6.45) is 3.69. The first-order chi connectivity index (χ1) is 6.63. The van der Waals surface area contributed by atoms with E-state index in [-0.39, 0.29) is 5.41 Å². The van der Waals surface area contributed by atoms with E-state index in [1.165, 1.54) is 0 Å². The van der Waals surface area contributed by atoms with Crippen LogP contribution in [0.15, 0.2) is 24.5 Å². The van der Waals surface area contributed by atoms with Gasteiger partial charge in [-0.3, -0.25) is 0 Å². The van der Waals surface area contributed by atoms with Crippen molar-refractivity contribution in [3.05, 3.63) is 30.2 Å². The summed E-state index contributed by atoms with van der Waals surface area (Å²) in [4.78, 5) is 4.23. The number of aromatic nitrogens is 3. The molecule has 2 aromatic heterocycles. The van der Waals surface area contributed by atoms with Gasteiger partial charge in [0.05, 0.1) is 5.69 Å². The summed E-state index contributed by atoms with van der Waals surface area (Å²) in [5, 5.41) is 5.37. The zero-order valence-corrected chi connectivity index (χ0v) is 9.82. The average Bonchev–Trinajstić information content (AvgIpc) is 2.61. The Morgan fingerprint density at radius 3 is 2.93 bits per heavy atom. The molecule has 0 saturated heterocycles. The van der Waals surface area contributed by atoms with Crippen LogP contribution in [0, 0.1) is 0 Å². The van der Waals surface area contributed by atoms with Crippen molar-refractivity contribution in [2.45, 2.75) is 19.3 Å². The topological polar surface area (TPSA) is 30.2 Å². The summed E-state index contributed by atoms with van der Waals surface area (Å²) in [5.41, 5.74) is 2.01. The number of alkyl halides is 1. The molecule has 0 radical (unpaired) electrons. The van der Waals surface area contributed by atoms with Crippen LogP contribution in [0.5, 0.6) is 0 Å². The quantitative estimate of drug-likeness (QED) is 0.770. The highest BCUT2D eigenvalue weighted by molar-refractivity contribution is 9.09. The van der Waals surface area contributed by atoms with Crippen LogP contribution in [0.2, 0.25) is 0 Å². The van der Waals surface area contributed by atoms with Gasteiger partial charge in [0, 0.05) is 29.2 Å². The molecule has 0 fully saturated rings. The molecule has 3 nitrogen and oxygen atoms in total. The van der Waals surface area contributed by atoms with E-state index in [0.717, 1.165) is 16.7 Å². The van der Waals surface area contributed by atoms with Crippen molar-refractivity contribution in [3.63, 3.8) is 0 Å². The van der Waals surface area contributed by atoms with Crippen LogP contribution in [0.1, 0.15) is 19.5 Å². The molecule has 0 atom stereocenters. The summed E-state index contributed by atoms with van der Waals surface area (Å²) >= 11 is 3.50. The number of nitrogens with zero attached hydrogens (tertiary/aromatic N) is 3. The first kappa shape index (κ1) is 9.65. The van der Waals surface area contributed by atoms with Crippen molar-refractivity contribution in [2.24, 2.45) is 0 Å². The average molecular weight is 254 g/mol. The van der Waals surface area contributed by atoms with Crippen LogP contribution in [-0.2, 0) is 5.41 Å². The predicted octanol–water partition coefficient (Wildman–Crippen LogP) is 2.40. The molecule has 0 N–H and O–H groups in total. The van der Waals surface area contributed by atoms with E-state index in [1.54, 1.807) is 10.7 Å². The lowest BCUT2D eigenvalue weighted by atomic mass is 9.92. The summed E-state index contributed by atoms with van der Waals surface area (Å²) in [6, 6.07) is 3.91. The fraction of sp³-hybridized carbons (Fsp3) is 0.400. The van der Waals surface area contributed by atoms with E-state index in [0.29, 0.717) is 0 Å². The van der Waals surface area contributed by atoms with Gasteiger partial charge in [-0.2, -0.15) is 5.10 Å². The highest BCUT2D eigenvalue weighted by atomic mass is 79.9. The Kier molecular flexibility index (Phi) is 2.31. The normalized spacial score (nSPS) is 12.2. The monoisotopic (exact) mass is 253 g/mol. The molecule has 0 aliphatic carbocycles. The highest BCUT2D eigenvalue weighted by Crippen LogP contribution is 2.24. The van der Waals surface area contributed by atoms with Gasteiger partial charge in [-0.15, -0.1) is 0 Å². The van der Waals surface area contributed by atoms with E-state index in [1.807, 2.05) is 18.3 Å². The Balaban J connectivity index is 2.55. The predicted molar refractivity (Wildman–Crippen MR) is 59.8 cm³/mol. The van der Waals surface area contributed by atoms with Gasteiger partial charge in [-0.1, -0.05) is 29.8 Å². The molecule has 4 heteroatoms. The minimum Gasteiger partial charge on any atom is -0.237 e. The molecule has 0 amide bonds. The van der Waals surface area contributed by atoms with E-state index >= 15 is 0 Å². The Hall–Kier alpha value is -0.900. The second kappa shape index (κ2) is 3.35. The van der Waals surface area contributed by atoms with Gasteiger partial charge < -0.3 is 0 Å². The molecular formula is C10H12BrN3. The second-order valence-corrected chi connectivity index (χ2v) is 4.53. The largest absolute Gasteiger partial charge is 0.237 e. The van der Waals surface area contributed by atoms with Gasteiger partial charge in [0.25, 0.3) is 0 Å². The maximum absolute atomic E-state index is 4.48. The first-order valence-electron chi connectivity index (χ1n) is 4.50. The number of hydrogen-bond acceptors (Lipinski definition) is 2. The van der Waals surface area contributed by atoms with E-state index in [4.69, 9.17) is 0 Å². The first-order valence-corrected chi connectivity index (χ1v) is 5.62. The molecule has 2 aromatic rings. The Morgan fingerprint density at radius 2 is 2.29 bits per heavy atom. The third-order valence-electron chi connectivity index (χ3n) is 2.26. The molecular weight excluding hydrogens is 242 g/mol. The molecule has 2 heterocycles. The lowest BCUT2D eigenvalue weighted by molar-refractivity contribution is 0.577. The van der Waals surface area contributed by atoms with Crippen LogP contribution in [0.3, 0.4) is 0 Å². The van der Waals surface area contributed by atoms with Crippen molar-refractivity contribution in [3.8, 4) is 0 Å². The zero-order valence-electron chi connectivity index (χ0n) is 8.24. The molecule has 0 aliphatic heterocycles. The minimum absolute atomic E-state index is 0.0493. The molecule has 14 heavy (non-hydrogen) atoms. The molecule has 0 aliphatic rings. The zero-order chi connectivity index (χ0) is 10.2. The van der Waals surface area contributed by atoms with Crippen LogP contribution >= 0.6 is 15.9 Å². The fourth-order valence-electron chi connectivity index (χ4n) is 1.23. The van der Waals surface area contributed by atoms with Gasteiger partial charge >= 0.3 is 0 Å². The summed E-state index contributed by atoms with van der Waals surface area (Å²) in [7, 11) is 0. The number of halogens is 1. The van der Waals surface area contributed by atoms with Gasteiger partial charge in [0.2, 0.25) is 0 Å². The van der Waals surface area contributed by atoms with E-state index in [2.05, 4.69) is 39.9 Å². The summed E-state index contributed by atoms with van der Waals surface area (Å²) in [5.74, 6) is 0. The van der Waals surface area contributed by atoms with Crippen molar-refractivity contribution in [1.82, 2.24) is 14.6 Å². The number of hydrogen-bond donors (Lipinski definition) is 0. The van der Waals surface area contributed by atoms with Crippen molar-refractivity contribution < 1.29 is 0 Å². The van der Waals surface area contributed by atoms with Crippen molar-refractivity contribution in [2.75, 3.05) is 5.33 Å². The standard InChI is InChI=1S/C10H12BrN3/c1-10(2,7-11)8-6-9-12-4-3-5-14(9)13-8/h3-6H,7H2,1-2H3. The van der Waals surface area contributed by atoms with Gasteiger partial charge in [-0.25, -0.2) is 9.50 Å². The van der Waals surface area contributed by atoms with E-state index in [9.17, 15) is 0 Å². The molecule has 0 unspecified atom stereocenters. The molecule has 74 valence electrons. The highest BCUT2D eigenvalue weighted by Gasteiger charge is 2.22. The van der Waals surface area contributed by atoms with Gasteiger partial charge in [0.1, 0.15) is 0 Å². The van der Waals surface area contributed by atoms with Gasteiger partial charge in [-0.05, 0) is 6.07 Å².